The zero-order valence-corrected chi connectivity index (χ0v) is 30.1. The molecule has 15 nitrogen and oxygen atoms in total. The molecule has 0 aliphatic heterocycles. The van der Waals surface area contributed by atoms with Gasteiger partial charge in [0.1, 0.15) is 0 Å². The highest BCUT2D eigenvalue weighted by molar-refractivity contribution is 7.58. The Morgan fingerprint density at radius 1 is 0.477 bits per heavy atom. The summed E-state index contributed by atoms with van der Waals surface area (Å²) in [5.74, 6) is -3.49. The van der Waals surface area contributed by atoms with Gasteiger partial charge < -0.3 is 41.4 Å². The molecule has 0 aromatic heterocycles. The van der Waals surface area contributed by atoms with Crippen molar-refractivity contribution in [2.24, 2.45) is 0 Å². The first-order chi connectivity index (χ1) is 20.7. The lowest BCUT2D eigenvalue weighted by atomic mass is 9.95. The second-order valence-electron chi connectivity index (χ2n) is 8.78. The predicted octanol–water partition coefficient (Wildman–Crippen LogP) is 5.73. The van der Waals surface area contributed by atoms with Crippen LogP contribution in [0.3, 0.4) is 0 Å². The Bertz CT molecular complexity index is 950. The lowest BCUT2D eigenvalue weighted by Crippen LogP contribution is -2.49. The third-order valence-corrected chi connectivity index (χ3v) is 13.5. The van der Waals surface area contributed by atoms with E-state index in [0.29, 0.717) is 0 Å². The molecule has 0 saturated carbocycles. The van der Waals surface area contributed by atoms with E-state index in [2.05, 4.69) is 0 Å². The highest BCUT2D eigenvalue weighted by Gasteiger charge is 2.65. The van der Waals surface area contributed by atoms with Crippen molar-refractivity contribution in [1.82, 2.24) is 0 Å². The van der Waals surface area contributed by atoms with Gasteiger partial charge in [0, 0.05) is 0 Å². The SMILES string of the molecule is CCOC(=O)C(CC(CC(C(=O)OCC)P(=O)(OCC)OCC)(C(=O)OCC)P(=O)(OCC)OCC)P(=O)(OCC)OCC. The van der Waals surface area contributed by atoms with Gasteiger partial charge >= 0.3 is 40.7 Å². The zero-order valence-electron chi connectivity index (χ0n) is 27.4. The first-order valence-corrected chi connectivity index (χ1v) is 19.7. The van der Waals surface area contributed by atoms with E-state index in [1.807, 2.05) is 0 Å². The molecule has 0 radical (unpaired) electrons. The molecule has 260 valence electrons. The van der Waals surface area contributed by atoms with Gasteiger partial charge in [-0.1, -0.05) is 0 Å². The molecule has 0 aliphatic carbocycles. The fourth-order valence-electron chi connectivity index (χ4n) is 4.39. The van der Waals surface area contributed by atoms with Gasteiger partial charge in [-0.2, -0.15) is 0 Å². The molecule has 0 N–H and O–H groups in total. The van der Waals surface area contributed by atoms with Crippen LogP contribution in [0.15, 0.2) is 0 Å². The van der Waals surface area contributed by atoms with Gasteiger partial charge in [0.25, 0.3) is 0 Å². The fourth-order valence-corrected chi connectivity index (χ4v) is 11.1. The molecule has 0 amide bonds. The molecule has 0 aliphatic rings. The Hall–Kier alpha value is -1.14. The standard InChI is InChI=1S/C26H51O15P3/c1-10-33-23(27)21(42(30,36-13-4)37-14-5)19-26(25(29)35-12-3,44(32,40-17-8)41-18-9)20-22(24(28)34-11-2)43(31,38-15-6)39-16-7/h21-22H,10-20H2,1-9H3. The van der Waals surface area contributed by atoms with Gasteiger partial charge in [-0.3, -0.25) is 28.1 Å². The van der Waals surface area contributed by atoms with Crippen molar-refractivity contribution in [3.05, 3.63) is 0 Å². The molecule has 0 rings (SSSR count). The summed E-state index contributed by atoms with van der Waals surface area (Å²) >= 11 is 0. The van der Waals surface area contributed by atoms with Crippen molar-refractivity contribution >= 4 is 40.7 Å². The van der Waals surface area contributed by atoms with Gasteiger partial charge in [0.2, 0.25) is 0 Å². The van der Waals surface area contributed by atoms with Crippen molar-refractivity contribution in [2.75, 3.05) is 59.5 Å². The molecule has 0 saturated heterocycles. The molecule has 0 heterocycles. The summed E-state index contributed by atoms with van der Waals surface area (Å²) in [6.45, 7) is 11.6. The van der Waals surface area contributed by atoms with E-state index in [1.54, 1.807) is 0 Å². The van der Waals surface area contributed by atoms with E-state index in [4.69, 9.17) is 41.4 Å². The highest BCUT2D eigenvalue weighted by Crippen LogP contribution is 2.70. The molecule has 2 unspecified atom stereocenters. The lowest BCUT2D eigenvalue weighted by molar-refractivity contribution is -0.149. The summed E-state index contributed by atoms with van der Waals surface area (Å²) < 4.78 is 92.2. The summed E-state index contributed by atoms with van der Waals surface area (Å²) in [6, 6.07) is 0. The third-order valence-electron chi connectivity index (χ3n) is 5.96. The zero-order chi connectivity index (χ0) is 34.0. The summed E-state index contributed by atoms with van der Waals surface area (Å²) in [5.41, 5.74) is -3.80. The van der Waals surface area contributed by atoms with Crippen LogP contribution in [0.5, 0.6) is 0 Å². The second-order valence-corrected chi connectivity index (χ2v) is 15.6. The minimum atomic E-state index is -4.84. The highest BCUT2D eigenvalue weighted by atomic mass is 31.2. The summed E-state index contributed by atoms with van der Waals surface area (Å²) in [4.78, 5) is 41.2. The number of ether oxygens (including phenoxy) is 3. The number of hydrogen-bond acceptors (Lipinski definition) is 15. The average molecular weight is 697 g/mol. The maximum Gasteiger partial charge on any atom is 0.348 e. The summed E-state index contributed by atoms with van der Waals surface area (Å²) in [5, 5.41) is -2.64. The Kier molecular flexibility index (Phi) is 20.3. The van der Waals surface area contributed by atoms with Gasteiger partial charge in [-0.05, 0) is 75.2 Å². The Balaban J connectivity index is 8.12. The van der Waals surface area contributed by atoms with E-state index < -0.39 is 70.0 Å². The Morgan fingerprint density at radius 3 is 1.02 bits per heavy atom. The number of rotatable bonds is 25. The maximum atomic E-state index is 14.9. The monoisotopic (exact) mass is 696 g/mol. The smallest absolute Gasteiger partial charge is 0.348 e. The molecule has 0 aromatic carbocycles. The summed E-state index contributed by atoms with van der Waals surface area (Å²) in [7, 11) is -13.8. The topological polar surface area (TPSA) is 185 Å². The molecule has 2 atom stereocenters. The molecule has 18 heteroatoms. The van der Waals surface area contributed by atoms with E-state index in [-0.39, 0.29) is 59.5 Å². The Labute approximate surface area is 261 Å². The lowest BCUT2D eigenvalue weighted by Gasteiger charge is -2.41. The quantitative estimate of drug-likeness (QED) is 0.0639. The molecule has 0 aromatic rings. The molecule has 0 spiro atoms. The van der Waals surface area contributed by atoms with Crippen LogP contribution in [0, 0.1) is 0 Å². The van der Waals surface area contributed by atoms with Crippen molar-refractivity contribution in [3.8, 4) is 0 Å². The number of carbonyl (C=O) groups excluding carboxylic acids is 3. The number of hydrogen-bond donors (Lipinski definition) is 0. The van der Waals surface area contributed by atoms with Gasteiger partial charge in [-0.15, -0.1) is 0 Å². The first kappa shape index (κ1) is 42.9. The van der Waals surface area contributed by atoms with E-state index in [1.165, 1.54) is 62.3 Å². The van der Waals surface area contributed by atoms with Crippen LogP contribution >= 0.6 is 22.8 Å². The van der Waals surface area contributed by atoms with Crippen LogP contribution in [0.4, 0.5) is 0 Å². The molecular weight excluding hydrogens is 645 g/mol. The maximum absolute atomic E-state index is 14.9. The second kappa shape index (κ2) is 20.9. The van der Waals surface area contributed by atoms with Gasteiger partial charge in [-0.25, -0.2) is 0 Å². The van der Waals surface area contributed by atoms with Crippen LogP contribution in [-0.2, 0) is 69.4 Å². The number of esters is 3. The van der Waals surface area contributed by atoms with Crippen LogP contribution in [0.2, 0.25) is 0 Å². The van der Waals surface area contributed by atoms with Crippen molar-refractivity contribution < 1.29 is 69.4 Å². The largest absolute Gasteiger partial charge is 0.465 e. The molecule has 44 heavy (non-hydrogen) atoms. The van der Waals surface area contributed by atoms with Crippen molar-refractivity contribution in [2.45, 2.75) is 91.6 Å². The van der Waals surface area contributed by atoms with E-state index in [0.717, 1.165) is 0 Å². The summed E-state index contributed by atoms with van der Waals surface area (Å²) in [6.07, 6.45) is -1.90. The molecule has 0 fully saturated rings. The van der Waals surface area contributed by atoms with Crippen LogP contribution in [-0.4, -0.2) is 93.8 Å². The predicted molar refractivity (Wildman–Crippen MR) is 162 cm³/mol. The average Bonchev–Trinajstić information content (AvgIpc) is 2.94. The van der Waals surface area contributed by atoms with Crippen molar-refractivity contribution in [1.29, 1.82) is 0 Å². The normalized spacial score (nSPS) is 15.2. The van der Waals surface area contributed by atoms with Crippen LogP contribution < -0.4 is 0 Å². The van der Waals surface area contributed by atoms with Gasteiger partial charge in [0.15, 0.2) is 16.5 Å². The first-order valence-electron chi connectivity index (χ1n) is 14.9. The van der Waals surface area contributed by atoms with Crippen LogP contribution in [0.1, 0.15) is 75.2 Å². The minimum absolute atomic E-state index is 0.163. The van der Waals surface area contributed by atoms with Gasteiger partial charge in [0.05, 0.1) is 59.5 Å². The van der Waals surface area contributed by atoms with Crippen molar-refractivity contribution in [3.63, 3.8) is 0 Å². The van der Waals surface area contributed by atoms with E-state index in [9.17, 15) is 28.1 Å². The third kappa shape index (κ3) is 11.0. The fraction of sp³-hybridized carbons (Fsp3) is 0.885. The Morgan fingerprint density at radius 2 is 0.773 bits per heavy atom. The van der Waals surface area contributed by atoms with E-state index >= 15 is 0 Å². The number of carbonyl (C=O) groups is 3. The van der Waals surface area contributed by atoms with Crippen LogP contribution in [0.25, 0.3) is 0 Å². The molecule has 0 bridgehead atoms. The minimum Gasteiger partial charge on any atom is -0.465 e. The molecular formula is C26H51O15P3.